The van der Waals surface area contributed by atoms with Gasteiger partial charge in [-0.2, -0.15) is 0 Å². The molecule has 92 valence electrons. The number of rotatable bonds is 3. The Morgan fingerprint density at radius 1 is 1.24 bits per heavy atom. The van der Waals surface area contributed by atoms with Gasteiger partial charge in [0.1, 0.15) is 0 Å². The summed E-state index contributed by atoms with van der Waals surface area (Å²) in [5, 5.41) is 1.59. The summed E-state index contributed by atoms with van der Waals surface area (Å²) in [7, 11) is 0. The van der Waals surface area contributed by atoms with E-state index in [1.54, 1.807) is 0 Å². The molecule has 2 fully saturated rings. The van der Waals surface area contributed by atoms with Gasteiger partial charge in [-0.3, -0.25) is 0 Å². The van der Waals surface area contributed by atoms with Crippen LogP contribution in [-0.4, -0.2) is 6.54 Å². The molecule has 0 saturated heterocycles. The summed E-state index contributed by atoms with van der Waals surface area (Å²) >= 11 is 12.3. The molecule has 1 aromatic rings. The maximum absolute atomic E-state index is 6.24. The lowest BCUT2D eigenvalue weighted by atomic mass is 9.77. The molecule has 1 nitrogen and oxygen atoms in total. The van der Waals surface area contributed by atoms with Crippen LogP contribution in [0.4, 0.5) is 0 Å². The third kappa shape index (κ3) is 2.21. The number of nitrogens with two attached hydrogens (primary N) is 1. The third-order valence-electron chi connectivity index (χ3n) is 4.47. The predicted molar refractivity (Wildman–Crippen MR) is 72.5 cm³/mol. The van der Waals surface area contributed by atoms with Gasteiger partial charge in [-0.15, -0.1) is 0 Å². The monoisotopic (exact) mass is 269 g/mol. The molecule has 0 aromatic heterocycles. The van der Waals surface area contributed by atoms with Crippen LogP contribution in [0.2, 0.25) is 10.0 Å². The molecular formula is C14H17Cl2N. The molecule has 1 aromatic carbocycles. The predicted octanol–water partition coefficient (Wildman–Crippen LogP) is 3.91. The molecule has 2 aliphatic carbocycles. The number of benzene rings is 1. The normalized spacial score (nSPS) is 34.8. The second-order valence-corrected chi connectivity index (χ2v) is 6.62. The van der Waals surface area contributed by atoms with Crippen LogP contribution < -0.4 is 5.73 Å². The van der Waals surface area contributed by atoms with Crippen LogP contribution >= 0.6 is 23.2 Å². The Balaban J connectivity index is 1.83. The van der Waals surface area contributed by atoms with Crippen molar-refractivity contribution in [1.82, 2.24) is 0 Å². The molecule has 0 amide bonds. The lowest BCUT2D eigenvalue weighted by Crippen LogP contribution is -2.31. The van der Waals surface area contributed by atoms with Crippen LogP contribution in [-0.2, 0) is 6.42 Å². The average molecular weight is 270 g/mol. The van der Waals surface area contributed by atoms with Crippen molar-refractivity contribution in [2.45, 2.75) is 25.7 Å². The van der Waals surface area contributed by atoms with Crippen LogP contribution in [0, 0.1) is 17.3 Å². The summed E-state index contributed by atoms with van der Waals surface area (Å²) in [6.45, 7) is 0.767. The van der Waals surface area contributed by atoms with Gasteiger partial charge in [-0.1, -0.05) is 23.2 Å². The number of fused-ring (bicyclic) bond motifs is 1. The minimum Gasteiger partial charge on any atom is -0.330 e. The first-order chi connectivity index (χ1) is 8.12. The first-order valence-corrected chi connectivity index (χ1v) is 7.01. The van der Waals surface area contributed by atoms with Crippen LogP contribution in [0.1, 0.15) is 24.8 Å². The van der Waals surface area contributed by atoms with E-state index >= 15 is 0 Å². The smallest absolute Gasteiger partial charge is 0.0439 e. The summed E-state index contributed by atoms with van der Waals surface area (Å²) in [5.74, 6) is 1.88. The van der Waals surface area contributed by atoms with Gasteiger partial charge >= 0.3 is 0 Å². The van der Waals surface area contributed by atoms with E-state index in [9.17, 15) is 0 Å². The van der Waals surface area contributed by atoms with Gasteiger partial charge in [0.25, 0.3) is 0 Å². The molecule has 2 unspecified atom stereocenters. The van der Waals surface area contributed by atoms with E-state index < -0.39 is 0 Å². The minimum absolute atomic E-state index is 0.280. The highest BCUT2D eigenvalue weighted by Crippen LogP contribution is 2.60. The van der Waals surface area contributed by atoms with E-state index in [1.165, 1.54) is 19.3 Å². The van der Waals surface area contributed by atoms with Crippen molar-refractivity contribution in [3.8, 4) is 0 Å². The van der Waals surface area contributed by atoms with E-state index in [-0.39, 0.29) is 5.41 Å². The zero-order chi connectivity index (χ0) is 12.0. The Morgan fingerprint density at radius 2 is 1.94 bits per heavy atom. The summed E-state index contributed by atoms with van der Waals surface area (Å²) < 4.78 is 0. The van der Waals surface area contributed by atoms with Crippen LogP contribution in [0.25, 0.3) is 0 Å². The van der Waals surface area contributed by atoms with Crippen molar-refractivity contribution in [3.63, 3.8) is 0 Å². The van der Waals surface area contributed by atoms with Crippen LogP contribution in [0.5, 0.6) is 0 Å². The average Bonchev–Trinajstić information content (AvgIpc) is 2.92. The van der Waals surface area contributed by atoms with Gasteiger partial charge < -0.3 is 5.73 Å². The fourth-order valence-corrected chi connectivity index (χ4v) is 3.85. The van der Waals surface area contributed by atoms with E-state index in [0.717, 1.165) is 40.4 Å². The number of halogens is 2. The second kappa shape index (κ2) is 4.15. The van der Waals surface area contributed by atoms with Crippen molar-refractivity contribution in [2.75, 3.05) is 6.54 Å². The maximum Gasteiger partial charge on any atom is 0.0439 e. The summed E-state index contributed by atoms with van der Waals surface area (Å²) in [4.78, 5) is 0. The zero-order valence-electron chi connectivity index (χ0n) is 9.76. The lowest BCUT2D eigenvalue weighted by molar-refractivity contribution is 0.273. The number of hydrogen-bond acceptors (Lipinski definition) is 1. The highest BCUT2D eigenvalue weighted by Gasteiger charge is 2.52. The highest BCUT2D eigenvalue weighted by molar-refractivity contribution is 6.33. The van der Waals surface area contributed by atoms with Crippen molar-refractivity contribution in [1.29, 1.82) is 0 Å². The summed E-state index contributed by atoms with van der Waals surface area (Å²) in [6.07, 6.45) is 4.95. The molecule has 17 heavy (non-hydrogen) atoms. The molecular weight excluding hydrogens is 253 g/mol. The van der Waals surface area contributed by atoms with E-state index in [2.05, 4.69) is 0 Å². The molecule has 0 heterocycles. The Bertz CT molecular complexity index is 434. The largest absolute Gasteiger partial charge is 0.330 e. The standard InChI is InChI=1S/C14H17Cl2N/c15-12-1-2-13(16)11(4-12)7-14(8-17)5-9-3-10(9)6-14/h1-2,4,9-10H,3,5-8,17H2. The first kappa shape index (κ1) is 11.8. The summed E-state index contributed by atoms with van der Waals surface area (Å²) in [6, 6.07) is 5.72. The topological polar surface area (TPSA) is 26.0 Å². The van der Waals surface area contributed by atoms with Crippen LogP contribution in [0.3, 0.4) is 0 Å². The lowest BCUT2D eigenvalue weighted by Gasteiger charge is -2.30. The molecule has 3 rings (SSSR count). The minimum atomic E-state index is 0.280. The second-order valence-electron chi connectivity index (χ2n) is 5.78. The Labute approximate surface area is 112 Å². The molecule has 2 atom stereocenters. The molecule has 0 spiro atoms. The molecule has 0 bridgehead atoms. The molecule has 2 saturated carbocycles. The SMILES string of the molecule is NCC1(Cc2cc(Cl)ccc2Cl)CC2CC2C1. The van der Waals surface area contributed by atoms with Gasteiger partial charge in [0.2, 0.25) is 0 Å². The molecule has 2 N–H and O–H groups in total. The Kier molecular flexibility index (Phi) is 2.89. The molecule has 2 aliphatic rings. The van der Waals surface area contributed by atoms with Gasteiger partial charge in [0.05, 0.1) is 0 Å². The van der Waals surface area contributed by atoms with Crippen molar-refractivity contribution in [2.24, 2.45) is 23.0 Å². The highest BCUT2D eigenvalue weighted by atomic mass is 35.5. The molecule has 3 heteroatoms. The fraction of sp³-hybridized carbons (Fsp3) is 0.571. The third-order valence-corrected chi connectivity index (χ3v) is 5.07. The Morgan fingerprint density at radius 3 is 2.59 bits per heavy atom. The van der Waals surface area contributed by atoms with Gasteiger partial charge in [0.15, 0.2) is 0 Å². The quantitative estimate of drug-likeness (QED) is 0.885. The zero-order valence-corrected chi connectivity index (χ0v) is 11.3. The molecule has 0 radical (unpaired) electrons. The Hall–Kier alpha value is -0.240. The maximum atomic E-state index is 6.24. The van der Waals surface area contributed by atoms with E-state index in [0.29, 0.717) is 0 Å². The van der Waals surface area contributed by atoms with Gasteiger partial charge in [-0.25, -0.2) is 0 Å². The van der Waals surface area contributed by atoms with E-state index in [1.807, 2.05) is 18.2 Å². The fourth-order valence-electron chi connectivity index (χ4n) is 3.47. The van der Waals surface area contributed by atoms with Crippen molar-refractivity contribution >= 4 is 23.2 Å². The first-order valence-electron chi connectivity index (χ1n) is 6.26. The number of hydrogen-bond donors (Lipinski definition) is 1. The molecule has 0 aliphatic heterocycles. The van der Waals surface area contributed by atoms with Crippen molar-refractivity contribution < 1.29 is 0 Å². The van der Waals surface area contributed by atoms with Crippen LogP contribution in [0.15, 0.2) is 18.2 Å². The van der Waals surface area contributed by atoms with Gasteiger partial charge in [-0.05, 0) is 73.2 Å². The summed E-state index contributed by atoms with van der Waals surface area (Å²) in [5.41, 5.74) is 7.45. The van der Waals surface area contributed by atoms with E-state index in [4.69, 9.17) is 28.9 Å². The van der Waals surface area contributed by atoms with Gasteiger partial charge in [0, 0.05) is 10.0 Å². The van der Waals surface area contributed by atoms with Crippen molar-refractivity contribution in [3.05, 3.63) is 33.8 Å².